The molecule has 1 atom stereocenters. The van der Waals surface area contributed by atoms with Crippen LogP contribution in [0.2, 0.25) is 0 Å². The zero-order valence-corrected chi connectivity index (χ0v) is 17.4. The van der Waals surface area contributed by atoms with E-state index in [4.69, 9.17) is 34.8 Å². The molecule has 7 heteroatoms. The lowest BCUT2D eigenvalue weighted by Gasteiger charge is -2.29. The Morgan fingerprint density at radius 1 is 0.793 bits per heavy atom. The van der Waals surface area contributed by atoms with Gasteiger partial charge >= 0.3 is 0 Å². The molecule has 0 saturated carbocycles. The molecule has 3 aromatic rings. The number of carbonyl (C=O) groups excluding carboxylic acids is 1. The van der Waals surface area contributed by atoms with E-state index in [0.717, 1.165) is 11.1 Å². The maximum absolute atomic E-state index is 13.3. The second-order valence-electron chi connectivity index (χ2n) is 6.39. The van der Waals surface area contributed by atoms with Gasteiger partial charge in [-0.2, -0.15) is 0 Å². The van der Waals surface area contributed by atoms with Crippen molar-refractivity contribution in [2.45, 2.75) is 15.9 Å². The van der Waals surface area contributed by atoms with E-state index in [-0.39, 0.29) is 5.91 Å². The Labute approximate surface area is 183 Å². The first-order chi connectivity index (χ1) is 13.8. The van der Waals surface area contributed by atoms with Crippen molar-refractivity contribution in [3.8, 4) is 0 Å². The van der Waals surface area contributed by atoms with E-state index >= 15 is 0 Å². The van der Waals surface area contributed by atoms with Crippen molar-refractivity contribution >= 4 is 46.4 Å². The Bertz CT molecular complexity index is 892. The highest BCUT2D eigenvalue weighted by Crippen LogP contribution is 2.32. The van der Waals surface area contributed by atoms with Gasteiger partial charge in [-0.3, -0.25) is 4.79 Å². The van der Waals surface area contributed by atoms with Crippen molar-refractivity contribution in [2.24, 2.45) is 0 Å². The Hall–Kier alpha value is -2.27. The first-order valence-corrected chi connectivity index (χ1v) is 9.97. The van der Waals surface area contributed by atoms with Crippen LogP contribution in [0.4, 0.5) is 10.1 Å². The summed E-state index contributed by atoms with van der Waals surface area (Å²) in [7, 11) is 0. The molecule has 0 aromatic heterocycles. The number of anilines is 1. The summed E-state index contributed by atoms with van der Waals surface area (Å²) in [6, 6.07) is 24.2. The van der Waals surface area contributed by atoms with Gasteiger partial charge < -0.3 is 10.6 Å². The lowest BCUT2D eigenvalue weighted by Crippen LogP contribution is -2.50. The summed E-state index contributed by atoms with van der Waals surface area (Å²) >= 11 is 18.3. The number of hydrogen-bond acceptors (Lipinski definition) is 2. The van der Waals surface area contributed by atoms with E-state index in [9.17, 15) is 9.18 Å². The maximum atomic E-state index is 13.3. The molecule has 150 valence electrons. The average Bonchev–Trinajstić information content (AvgIpc) is 2.70. The number of hydrogen-bond donors (Lipinski definition) is 2. The molecule has 0 aliphatic carbocycles. The minimum absolute atomic E-state index is 0.340. The van der Waals surface area contributed by atoms with Gasteiger partial charge in [0, 0.05) is 5.69 Å². The van der Waals surface area contributed by atoms with Crippen LogP contribution >= 0.6 is 34.8 Å². The van der Waals surface area contributed by atoms with Crippen molar-refractivity contribution in [3.63, 3.8) is 0 Å². The van der Waals surface area contributed by atoms with Gasteiger partial charge in [-0.1, -0.05) is 95.5 Å². The van der Waals surface area contributed by atoms with Crippen molar-refractivity contribution in [3.05, 3.63) is 102 Å². The Balaban J connectivity index is 1.88. The highest BCUT2D eigenvalue weighted by Gasteiger charge is 2.36. The van der Waals surface area contributed by atoms with E-state index < -0.39 is 21.7 Å². The average molecular weight is 452 g/mol. The van der Waals surface area contributed by atoms with Crippen LogP contribution in [0.25, 0.3) is 0 Å². The number of benzene rings is 3. The molecule has 0 spiro atoms. The monoisotopic (exact) mass is 450 g/mol. The van der Waals surface area contributed by atoms with Gasteiger partial charge in [0.25, 0.3) is 0 Å². The molecule has 0 aliphatic heterocycles. The summed E-state index contributed by atoms with van der Waals surface area (Å²) in [5, 5.41) is 5.72. The molecule has 29 heavy (non-hydrogen) atoms. The SMILES string of the molecule is O=C(NC(Nc1ccc(F)cc1)C(Cl)(Cl)Cl)C(c1ccccc1)c1ccccc1. The quantitative estimate of drug-likeness (QED) is 0.363. The molecule has 3 nitrogen and oxygen atoms in total. The topological polar surface area (TPSA) is 41.1 Å². The molecule has 0 radical (unpaired) electrons. The molecular formula is C22H18Cl3FN2O. The molecule has 0 fully saturated rings. The number of rotatable bonds is 6. The van der Waals surface area contributed by atoms with Crippen LogP contribution in [-0.4, -0.2) is 15.9 Å². The van der Waals surface area contributed by atoms with Crippen LogP contribution in [0.3, 0.4) is 0 Å². The predicted molar refractivity (Wildman–Crippen MR) is 117 cm³/mol. The summed E-state index contributed by atoms with van der Waals surface area (Å²) in [6.45, 7) is 0. The van der Waals surface area contributed by atoms with Crippen molar-refractivity contribution in [1.82, 2.24) is 5.32 Å². The molecule has 3 rings (SSSR count). The van der Waals surface area contributed by atoms with E-state index in [1.807, 2.05) is 60.7 Å². The lowest BCUT2D eigenvalue weighted by atomic mass is 9.90. The normalized spacial score (nSPS) is 12.4. The summed E-state index contributed by atoms with van der Waals surface area (Å²) in [4.78, 5) is 13.3. The third kappa shape index (κ3) is 5.86. The van der Waals surface area contributed by atoms with Gasteiger partial charge in [-0.15, -0.1) is 0 Å². The number of carbonyl (C=O) groups is 1. The van der Waals surface area contributed by atoms with Gasteiger partial charge in [0.1, 0.15) is 12.0 Å². The third-order valence-electron chi connectivity index (χ3n) is 4.30. The summed E-state index contributed by atoms with van der Waals surface area (Å²) in [6.07, 6.45) is -1.04. The predicted octanol–water partition coefficient (Wildman–Crippen LogP) is 5.88. The van der Waals surface area contributed by atoms with Crippen molar-refractivity contribution in [2.75, 3.05) is 5.32 Å². The minimum Gasteiger partial charge on any atom is -0.362 e. The summed E-state index contributed by atoms with van der Waals surface area (Å²) in [5.74, 6) is -1.33. The second-order valence-corrected chi connectivity index (χ2v) is 8.76. The standard InChI is InChI=1S/C22H18Cl3FN2O/c23-22(24,25)21(27-18-13-11-17(26)12-14-18)28-20(29)19(15-7-3-1-4-8-15)16-9-5-2-6-10-16/h1-14,19,21,27H,(H,28,29). The Morgan fingerprint density at radius 2 is 1.28 bits per heavy atom. The molecule has 2 N–H and O–H groups in total. The third-order valence-corrected chi connectivity index (χ3v) is 4.95. The molecule has 0 saturated heterocycles. The van der Waals surface area contributed by atoms with E-state index in [2.05, 4.69) is 10.6 Å². The zero-order valence-electron chi connectivity index (χ0n) is 15.2. The van der Waals surface area contributed by atoms with Crippen molar-refractivity contribution < 1.29 is 9.18 Å². The number of halogens is 4. The first-order valence-electron chi connectivity index (χ1n) is 8.83. The van der Waals surface area contributed by atoms with E-state index in [1.54, 1.807) is 0 Å². The molecule has 0 aliphatic rings. The summed E-state index contributed by atoms with van der Waals surface area (Å²) < 4.78 is 11.3. The summed E-state index contributed by atoms with van der Waals surface area (Å²) in [5.41, 5.74) is 2.11. The lowest BCUT2D eigenvalue weighted by molar-refractivity contribution is -0.122. The fraction of sp³-hybridized carbons (Fsp3) is 0.136. The van der Waals surface area contributed by atoms with E-state index in [1.165, 1.54) is 24.3 Å². The second kappa shape index (κ2) is 9.49. The molecule has 0 heterocycles. The minimum atomic E-state index is -1.85. The maximum Gasteiger partial charge on any atom is 0.233 e. The molecular weight excluding hydrogens is 434 g/mol. The largest absolute Gasteiger partial charge is 0.362 e. The van der Waals surface area contributed by atoms with Crippen LogP contribution in [0.5, 0.6) is 0 Å². The molecule has 1 amide bonds. The Morgan fingerprint density at radius 3 is 1.72 bits per heavy atom. The van der Waals surface area contributed by atoms with Gasteiger partial charge in [-0.05, 0) is 35.4 Å². The number of amides is 1. The highest BCUT2D eigenvalue weighted by molar-refractivity contribution is 6.68. The van der Waals surface area contributed by atoms with E-state index in [0.29, 0.717) is 5.69 Å². The van der Waals surface area contributed by atoms with Gasteiger partial charge in [0.15, 0.2) is 0 Å². The van der Waals surface area contributed by atoms with Gasteiger partial charge in [-0.25, -0.2) is 4.39 Å². The van der Waals surface area contributed by atoms with Crippen molar-refractivity contribution in [1.29, 1.82) is 0 Å². The smallest absolute Gasteiger partial charge is 0.233 e. The van der Waals surface area contributed by atoms with Crippen LogP contribution in [0, 0.1) is 5.82 Å². The molecule has 1 unspecified atom stereocenters. The zero-order chi connectivity index (χ0) is 20.9. The Kier molecular flexibility index (Phi) is 7.01. The van der Waals surface area contributed by atoms with Crippen LogP contribution in [0.1, 0.15) is 17.0 Å². The molecule has 3 aromatic carbocycles. The van der Waals surface area contributed by atoms with Gasteiger partial charge in [0.2, 0.25) is 9.70 Å². The van der Waals surface area contributed by atoms with Crippen LogP contribution in [0.15, 0.2) is 84.9 Å². The highest BCUT2D eigenvalue weighted by atomic mass is 35.6. The fourth-order valence-corrected chi connectivity index (χ4v) is 3.25. The fourth-order valence-electron chi connectivity index (χ4n) is 2.92. The molecule has 0 bridgehead atoms. The number of alkyl halides is 3. The van der Waals surface area contributed by atoms with Gasteiger partial charge in [0.05, 0.1) is 5.92 Å². The van der Waals surface area contributed by atoms with Crippen LogP contribution in [-0.2, 0) is 4.79 Å². The number of nitrogens with one attached hydrogen (secondary N) is 2. The first kappa shape index (κ1) is 21.4. The van der Waals surface area contributed by atoms with Crippen LogP contribution < -0.4 is 10.6 Å².